The second-order valence-electron chi connectivity index (χ2n) is 5.93. The number of carbonyl (C=O) groups excluding carboxylic acids is 1. The van der Waals surface area contributed by atoms with E-state index in [1.165, 1.54) is 15.9 Å². The van der Waals surface area contributed by atoms with Crippen LogP contribution in [0.4, 0.5) is 16.3 Å². The molecule has 1 fully saturated rings. The van der Waals surface area contributed by atoms with Crippen LogP contribution in [0.1, 0.15) is 0 Å². The summed E-state index contributed by atoms with van der Waals surface area (Å²) in [6.45, 7) is 1.96. The van der Waals surface area contributed by atoms with Gasteiger partial charge in [0, 0.05) is 45.0 Å². The normalized spacial score (nSPS) is 17.4. The summed E-state index contributed by atoms with van der Waals surface area (Å²) in [6.07, 6.45) is 3.03. The second kappa shape index (κ2) is 7.66. The molecule has 3 rings (SSSR count). The maximum Gasteiger partial charge on any atom is 0.322 e. The van der Waals surface area contributed by atoms with Crippen LogP contribution in [-0.4, -0.2) is 59.9 Å². The summed E-state index contributed by atoms with van der Waals surface area (Å²) in [7, 11) is 3.49. The Labute approximate surface area is 149 Å². The number of nitrogens with one attached hydrogen (secondary N) is 1. The molecule has 2 aromatic rings. The van der Waals surface area contributed by atoms with Crippen LogP contribution in [0.5, 0.6) is 0 Å². The van der Waals surface area contributed by atoms with E-state index in [1.54, 1.807) is 36.3 Å². The molecule has 2 aromatic heterocycles. The summed E-state index contributed by atoms with van der Waals surface area (Å²) < 4.78 is 7.25. The third-order valence-corrected chi connectivity index (χ3v) is 4.72. The highest BCUT2D eigenvalue weighted by Crippen LogP contribution is 2.14. The Morgan fingerprint density at radius 1 is 1.56 bits per heavy atom. The molecule has 8 nitrogen and oxygen atoms in total. The average Bonchev–Trinajstić information content (AvgIpc) is 3.10. The van der Waals surface area contributed by atoms with Gasteiger partial charge in [0.25, 0.3) is 5.56 Å². The SMILES string of the molecule is CN(C[C@H]1CN(C(=O)Nc2ccsc2)CCO1)c1nccn(C)c1=O. The maximum absolute atomic E-state index is 12.4. The molecule has 2 amide bonds. The first-order valence-electron chi connectivity index (χ1n) is 7.97. The molecule has 0 bridgehead atoms. The lowest BCUT2D eigenvalue weighted by molar-refractivity contribution is -0.00714. The molecule has 0 saturated carbocycles. The average molecular weight is 363 g/mol. The van der Waals surface area contributed by atoms with Gasteiger partial charge in [-0.25, -0.2) is 9.78 Å². The van der Waals surface area contributed by atoms with Crippen LogP contribution in [0.15, 0.2) is 34.0 Å². The number of aryl methyl sites for hydroxylation is 1. The number of likely N-dealkylation sites (N-methyl/N-ethyl adjacent to an activating group) is 1. The minimum atomic E-state index is -0.182. The number of carbonyl (C=O) groups is 1. The molecular weight excluding hydrogens is 342 g/mol. The van der Waals surface area contributed by atoms with Gasteiger partial charge in [0.05, 0.1) is 24.9 Å². The van der Waals surface area contributed by atoms with Gasteiger partial charge in [-0.3, -0.25) is 4.79 Å². The Kier molecular flexibility index (Phi) is 5.34. The number of urea groups is 1. The minimum absolute atomic E-state index is 0.136. The summed E-state index contributed by atoms with van der Waals surface area (Å²) in [5, 5.41) is 6.68. The molecule has 134 valence electrons. The highest BCUT2D eigenvalue weighted by atomic mass is 32.1. The quantitative estimate of drug-likeness (QED) is 0.883. The van der Waals surface area contributed by atoms with Gasteiger partial charge >= 0.3 is 6.03 Å². The minimum Gasteiger partial charge on any atom is -0.373 e. The summed E-state index contributed by atoms with van der Waals surface area (Å²) in [4.78, 5) is 32.2. The molecule has 1 N–H and O–H groups in total. The molecule has 1 aliphatic heterocycles. The van der Waals surface area contributed by atoms with E-state index in [2.05, 4.69) is 10.3 Å². The number of aromatic nitrogens is 2. The highest BCUT2D eigenvalue weighted by Gasteiger charge is 2.26. The standard InChI is InChI=1S/C16H21N5O3S/c1-19-5-4-17-14(15(19)22)20(2)9-13-10-21(6-7-24-13)16(23)18-12-3-8-25-11-12/h3-5,8,11,13H,6-7,9-10H2,1-2H3,(H,18,23)/t13-/m0/s1. The third-order valence-electron chi connectivity index (χ3n) is 4.04. The van der Waals surface area contributed by atoms with E-state index in [0.29, 0.717) is 32.1 Å². The zero-order chi connectivity index (χ0) is 17.8. The molecule has 0 radical (unpaired) electrons. The number of ether oxygens (including phenoxy) is 1. The summed E-state index contributed by atoms with van der Waals surface area (Å²) in [5.41, 5.74) is 0.639. The van der Waals surface area contributed by atoms with Crippen LogP contribution < -0.4 is 15.8 Å². The van der Waals surface area contributed by atoms with Crippen molar-refractivity contribution < 1.29 is 9.53 Å². The highest BCUT2D eigenvalue weighted by molar-refractivity contribution is 7.08. The summed E-state index contributed by atoms with van der Waals surface area (Å²) >= 11 is 1.53. The number of hydrogen-bond donors (Lipinski definition) is 1. The molecule has 1 aliphatic rings. The van der Waals surface area contributed by atoms with Crippen molar-refractivity contribution in [3.8, 4) is 0 Å². The van der Waals surface area contributed by atoms with Crippen molar-refractivity contribution in [2.75, 3.05) is 43.5 Å². The van der Waals surface area contributed by atoms with Crippen LogP contribution in [0.3, 0.4) is 0 Å². The third kappa shape index (κ3) is 4.18. The predicted octanol–water partition coefficient (Wildman–Crippen LogP) is 1.21. The van der Waals surface area contributed by atoms with Crippen molar-refractivity contribution in [2.24, 2.45) is 7.05 Å². The van der Waals surface area contributed by atoms with Gasteiger partial charge < -0.3 is 24.4 Å². The van der Waals surface area contributed by atoms with Crippen molar-refractivity contribution in [1.82, 2.24) is 14.5 Å². The van der Waals surface area contributed by atoms with Gasteiger partial charge in [0.15, 0.2) is 5.82 Å². The Bertz CT molecular complexity index is 776. The Morgan fingerprint density at radius 2 is 2.40 bits per heavy atom. The fourth-order valence-electron chi connectivity index (χ4n) is 2.69. The van der Waals surface area contributed by atoms with Gasteiger partial charge in [-0.2, -0.15) is 11.3 Å². The largest absolute Gasteiger partial charge is 0.373 e. The lowest BCUT2D eigenvalue weighted by atomic mass is 10.2. The summed E-state index contributed by atoms with van der Waals surface area (Å²) in [5.74, 6) is 0.369. The van der Waals surface area contributed by atoms with Crippen LogP contribution >= 0.6 is 11.3 Å². The number of hydrogen-bond acceptors (Lipinski definition) is 6. The van der Waals surface area contributed by atoms with Crippen molar-refractivity contribution >= 4 is 28.9 Å². The topological polar surface area (TPSA) is 79.7 Å². The van der Waals surface area contributed by atoms with Crippen molar-refractivity contribution in [3.63, 3.8) is 0 Å². The van der Waals surface area contributed by atoms with E-state index in [4.69, 9.17) is 4.74 Å². The first-order valence-corrected chi connectivity index (χ1v) is 8.91. The number of rotatable bonds is 4. The Hall–Kier alpha value is -2.39. The molecule has 25 heavy (non-hydrogen) atoms. The molecule has 0 aromatic carbocycles. The Balaban J connectivity index is 1.60. The Morgan fingerprint density at radius 3 is 3.16 bits per heavy atom. The summed E-state index contributed by atoms with van der Waals surface area (Å²) in [6, 6.07) is 1.73. The second-order valence-corrected chi connectivity index (χ2v) is 6.71. The molecule has 1 saturated heterocycles. The van der Waals surface area contributed by atoms with Gasteiger partial charge in [-0.15, -0.1) is 0 Å². The number of thiophene rings is 1. The molecule has 1 atom stereocenters. The van der Waals surface area contributed by atoms with Crippen molar-refractivity contribution in [3.05, 3.63) is 39.6 Å². The number of amides is 2. The van der Waals surface area contributed by atoms with Gasteiger partial charge in [-0.1, -0.05) is 0 Å². The van der Waals surface area contributed by atoms with E-state index in [0.717, 1.165) is 5.69 Å². The fraction of sp³-hybridized carbons (Fsp3) is 0.438. The van der Waals surface area contributed by atoms with Gasteiger partial charge in [-0.05, 0) is 11.4 Å². The van der Waals surface area contributed by atoms with Crippen LogP contribution in [0.2, 0.25) is 0 Å². The molecule has 0 spiro atoms. The molecule has 3 heterocycles. The van der Waals surface area contributed by atoms with Gasteiger partial charge in [0.1, 0.15) is 0 Å². The van der Waals surface area contributed by atoms with E-state index < -0.39 is 0 Å². The zero-order valence-corrected chi connectivity index (χ0v) is 15.0. The number of morpholine rings is 1. The number of anilines is 2. The van der Waals surface area contributed by atoms with Gasteiger partial charge in [0.2, 0.25) is 0 Å². The van der Waals surface area contributed by atoms with E-state index >= 15 is 0 Å². The van der Waals surface area contributed by atoms with Crippen molar-refractivity contribution in [2.45, 2.75) is 6.10 Å². The van der Waals surface area contributed by atoms with E-state index in [1.807, 2.05) is 16.8 Å². The van der Waals surface area contributed by atoms with E-state index in [-0.39, 0.29) is 17.7 Å². The van der Waals surface area contributed by atoms with Crippen LogP contribution in [0, 0.1) is 0 Å². The molecule has 0 aliphatic carbocycles. The molecule has 9 heteroatoms. The predicted molar refractivity (Wildman–Crippen MR) is 97.4 cm³/mol. The van der Waals surface area contributed by atoms with Crippen LogP contribution in [-0.2, 0) is 11.8 Å². The lowest BCUT2D eigenvalue weighted by Crippen LogP contribution is -2.51. The number of nitrogens with zero attached hydrogens (tertiary/aromatic N) is 4. The maximum atomic E-state index is 12.4. The van der Waals surface area contributed by atoms with E-state index in [9.17, 15) is 9.59 Å². The first-order chi connectivity index (χ1) is 12.0. The monoisotopic (exact) mass is 363 g/mol. The smallest absolute Gasteiger partial charge is 0.322 e. The first kappa shape index (κ1) is 17.4. The molecule has 0 unspecified atom stereocenters. The zero-order valence-electron chi connectivity index (χ0n) is 14.2. The fourth-order valence-corrected chi connectivity index (χ4v) is 3.28. The molecular formula is C16H21N5O3S. The van der Waals surface area contributed by atoms with Crippen molar-refractivity contribution in [1.29, 1.82) is 0 Å². The lowest BCUT2D eigenvalue weighted by Gasteiger charge is -2.34. The van der Waals surface area contributed by atoms with Crippen LogP contribution in [0.25, 0.3) is 0 Å².